The van der Waals surface area contributed by atoms with Gasteiger partial charge < -0.3 is 20.9 Å². The van der Waals surface area contributed by atoms with Gasteiger partial charge in [0.05, 0.1) is 17.9 Å². The van der Waals surface area contributed by atoms with Crippen LogP contribution < -0.4 is 20.9 Å². The number of rotatable bonds is 4. The maximum absolute atomic E-state index is 13.4. The standard InChI is InChI=1S/C22H32N4O3/c1-22(2,3)19(27)14-26-18-12-8-7-11-17(18)25(15-9-5-4-6-10-15)13-16(20(26)28)24-21(23)29/h7-8,11-12,15-16H,4-6,9-10,13-14H2,1-3H3,(H3,23,24,29)/t16-/m1/s1. The smallest absolute Gasteiger partial charge is 0.312 e. The molecule has 29 heavy (non-hydrogen) atoms. The van der Waals surface area contributed by atoms with Crippen molar-refractivity contribution in [3.05, 3.63) is 24.3 Å². The molecule has 1 fully saturated rings. The normalized spacial score (nSPS) is 20.8. The van der Waals surface area contributed by atoms with Crippen molar-refractivity contribution in [2.75, 3.05) is 22.9 Å². The zero-order chi connectivity index (χ0) is 21.2. The molecule has 2 aliphatic rings. The highest BCUT2D eigenvalue weighted by atomic mass is 16.2. The van der Waals surface area contributed by atoms with E-state index in [0.717, 1.165) is 37.1 Å². The van der Waals surface area contributed by atoms with Crippen LogP contribution in [0.3, 0.4) is 0 Å². The first-order valence-corrected chi connectivity index (χ1v) is 10.4. The van der Waals surface area contributed by atoms with E-state index in [0.29, 0.717) is 12.6 Å². The lowest BCUT2D eigenvalue weighted by molar-refractivity contribution is -0.127. The second-order valence-corrected chi connectivity index (χ2v) is 9.09. The first kappa shape index (κ1) is 21.1. The number of fused-ring (bicyclic) bond motifs is 1. The van der Waals surface area contributed by atoms with Crippen LogP contribution in [0.2, 0.25) is 0 Å². The highest BCUT2D eigenvalue weighted by molar-refractivity contribution is 6.07. The lowest BCUT2D eigenvalue weighted by atomic mass is 9.90. The molecule has 3 amide bonds. The molecule has 0 saturated heterocycles. The van der Waals surface area contributed by atoms with Crippen LogP contribution in [0.25, 0.3) is 0 Å². The summed E-state index contributed by atoms with van der Waals surface area (Å²) in [5.41, 5.74) is 6.45. The largest absolute Gasteiger partial charge is 0.364 e. The molecular weight excluding hydrogens is 368 g/mol. The topological polar surface area (TPSA) is 95.7 Å². The van der Waals surface area contributed by atoms with E-state index in [4.69, 9.17) is 5.73 Å². The number of benzene rings is 1. The van der Waals surface area contributed by atoms with Gasteiger partial charge in [-0.05, 0) is 25.0 Å². The SMILES string of the molecule is CC(C)(C)C(=O)CN1C(=O)[C@H](NC(N)=O)CN(C2CCCCC2)c2ccccc21. The fraction of sp³-hybridized carbons (Fsp3) is 0.591. The molecule has 1 aliphatic carbocycles. The summed E-state index contributed by atoms with van der Waals surface area (Å²) in [5.74, 6) is -0.336. The van der Waals surface area contributed by atoms with E-state index in [9.17, 15) is 14.4 Å². The summed E-state index contributed by atoms with van der Waals surface area (Å²) in [6.45, 7) is 5.85. The van der Waals surface area contributed by atoms with Gasteiger partial charge in [-0.2, -0.15) is 0 Å². The van der Waals surface area contributed by atoms with Gasteiger partial charge in [0.15, 0.2) is 5.78 Å². The summed E-state index contributed by atoms with van der Waals surface area (Å²) >= 11 is 0. The summed E-state index contributed by atoms with van der Waals surface area (Å²) < 4.78 is 0. The maximum Gasteiger partial charge on any atom is 0.312 e. The summed E-state index contributed by atoms with van der Waals surface area (Å²) in [4.78, 5) is 41.6. The number of ketones is 1. The molecule has 0 bridgehead atoms. The molecule has 1 aliphatic heterocycles. The van der Waals surface area contributed by atoms with Crippen molar-refractivity contribution in [1.82, 2.24) is 5.32 Å². The van der Waals surface area contributed by atoms with Crippen molar-refractivity contribution in [3.8, 4) is 0 Å². The van der Waals surface area contributed by atoms with E-state index < -0.39 is 17.5 Å². The van der Waals surface area contributed by atoms with Gasteiger partial charge in [0, 0.05) is 18.0 Å². The third-order valence-corrected chi connectivity index (χ3v) is 5.90. The van der Waals surface area contributed by atoms with Gasteiger partial charge >= 0.3 is 6.03 Å². The van der Waals surface area contributed by atoms with Crippen LogP contribution in [0.4, 0.5) is 16.2 Å². The summed E-state index contributed by atoms with van der Waals surface area (Å²) in [7, 11) is 0. The van der Waals surface area contributed by atoms with Crippen molar-refractivity contribution < 1.29 is 14.4 Å². The van der Waals surface area contributed by atoms with Crippen molar-refractivity contribution in [2.24, 2.45) is 11.1 Å². The molecule has 1 aromatic rings. The van der Waals surface area contributed by atoms with E-state index in [2.05, 4.69) is 10.2 Å². The Kier molecular flexibility index (Phi) is 6.15. The Labute approximate surface area is 172 Å². The fourth-order valence-electron chi connectivity index (χ4n) is 4.18. The second kappa shape index (κ2) is 8.43. The number of carbonyl (C=O) groups is 3. The number of hydrogen-bond donors (Lipinski definition) is 2. The Hall–Kier alpha value is -2.57. The van der Waals surface area contributed by atoms with Crippen LogP contribution in [0, 0.1) is 5.41 Å². The number of carbonyl (C=O) groups excluding carboxylic acids is 3. The zero-order valence-corrected chi connectivity index (χ0v) is 17.6. The van der Waals surface area contributed by atoms with Crippen LogP contribution >= 0.6 is 0 Å². The number of amides is 3. The first-order valence-electron chi connectivity index (χ1n) is 10.4. The van der Waals surface area contributed by atoms with Gasteiger partial charge in [0.1, 0.15) is 6.04 Å². The molecule has 0 aromatic heterocycles. The van der Waals surface area contributed by atoms with Gasteiger partial charge in [0.2, 0.25) is 0 Å². The predicted octanol–water partition coefficient (Wildman–Crippen LogP) is 2.82. The number of para-hydroxylation sites is 2. The quantitative estimate of drug-likeness (QED) is 0.812. The molecule has 1 atom stereocenters. The minimum Gasteiger partial charge on any atom is -0.364 e. The van der Waals surface area contributed by atoms with E-state index >= 15 is 0 Å². The lowest BCUT2D eigenvalue weighted by Gasteiger charge is -2.37. The zero-order valence-electron chi connectivity index (χ0n) is 17.6. The van der Waals surface area contributed by atoms with Crippen LogP contribution in [0.5, 0.6) is 0 Å². The Balaban J connectivity index is 2.04. The number of hydrogen-bond acceptors (Lipinski definition) is 4. The van der Waals surface area contributed by atoms with Gasteiger partial charge in [-0.15, -0.1) is 0 Å². The number of primary amides is 1. The molecule has 0 unspecified atom stereocenters. The second-order valence-electron chi connectivity index (χ2n) is 9.09. The summed E-state index contributed by atoms with van der Waals surface area (Å²) in [6, 6.07) is 6.47. The molecule has 3 rings (SSSR count). The van der Waals surface area contributed by atoms with Crippen molar-refractivity contribution in [3.63, 3.8) is 0 Å². The average Bonchev–Trinajstić information content (AvgIpc) is 2.78. The number of Topliss-reactive ketones (excluding diaryl/α,β-unsaturated/α-hetero) is 1. The van der Waals surface area contributed by atoms with Crippen molar-refractivity contribution in [2.45, 2.75) is 65.0 Å². The molecule has 1 aromatic carbocycles. The summed E-state index contributed by atoms with van der Waals surface area (Å²) in [5, 5.41) is 2.61. The van der Waals surface area contributed by atoms with Crippen LogP contribution in [-0.4, -0.2) is 42.9 Å². The molecule has 3 N–H and O–H groups in total. The molecule has 1 saturated carbocycles. The first-order chi connectivity index (χ1) is 13.7. The number of nitrogens with one attached hydrogen (secondary N) is 1. The minimum atomic E-state index is -0.797. The third-order valence-electron chi connectivity index (χ3n) is 5.90. The molecule has 7 nitrogen and oxygen atoms in total. The Morgan fingerprint density at radius 2 is 1.72 bits per heavy atom. The molecule has 7 heteroatoms. The number of nitrogens with zero attached hydrogens (tertiary/aromatic N) is 2. The third kappa shape index (κ3) is 4.71. The number of nitrogens with two attached hydrogens (primary N) is 1. The Bertz CT molecular complexity index is 781. The highest BCUT2D eigenvalue weighted by Crippen LogP contribution is 2.37. The lowest BCUT2D eigenvalue weighted by Crippen LogP contribution is -2.55. The molecule has 1 heterocycles. The molecular formula is C22H32N4O3. The summed E-state index contributed by atoms with van der Waals surface area (Å²) in [6.07, 6.45) is 5.62. The Morgan fingerprint density at radius 1 is 1.10 bits per heavy atom. The fourth-order valence-corrected chi connectivity index (χ4v) is 4.18. The van der Waals surface area contributed by atoms with Crippen molar-refractivity contribution >= 4 is 29.1 Å². The van der Waals surface area contributed by atoms with Crippen LogP contribution in [0.1, 0.15) is 52.9 Å². The van der Waals surface area contributed by atoms with Crippen LogP contribution in [-0.2, 0) is 9.59 Å². The van der Waals surface area contributed by atoms with E-state index in [1.807, 2.05) is 45.0 Å². The maximum atomic E-state index is 13.4. The van der Waals surface area contributed by atoms with Gasteiger partial charge in [-0.3, -0.25) is 9.59 Å². The van der Waals surface area contributed by atoms with Gasteiger partial charge in [-0.1, -0.05) is 52.2 Å². The monoisotopic (exact) mass is 400 g/mol. The van der Waals surface area contributed by atoms with Crippen molar-refractivity contribution in [1.29, 1.82) is 0 Å². The number of anilines is 2. The number of urea groups is 1. The van der Waals surface area contributed by atoms with Crippen LogP contribution in [0.15, 0.2) is 24.3 Å². The van der Waals surface area contributed by atoms with Gasteiger partial charge in [-0.25, -0.2) is 4.79 Å². The predicted molar refractivity (Wildman–Crippen MR) is 114 cm³/mol. The van der Waals surface area contributed by atoms with E-state index in [1.54, 1.807) is 0 Å². The highest BCUT2D eigenvalue weighted by Gasteiger charge is 2.38. The van der Waals surface area contributed by atoms with E-state index in [-0.39, 0.29) is 18.2 Å². The van der Waals surface area contributed by atoms with E-state index in [1.165, 1.54) is 11.3 Å². The molecule has 0 radical (unpaired) electrons. The molecule has 158 valence electrons. The minimum absolute atomic E-state index is 0.0329. The Morgan fingerprint density at radius 3 is 2.31 bits per heavy atom. The average molecular weight is 401 g/mol. The van der Waals surface area contributed by atoms with Gasteiger partial charge in [0.25, 0.3) is 5.91 Å². The molecule has 0 spiro atoms.